The Hall–Kier alpha value is -3.03. The Morgan fingerprint density at radius 2 is 1.74 bits per heavy atom. The first-order valence-corrected chi connectivity index (χ1v) is 9.63. The van der Waals surface area contributed by atoms with Crippen LogP contribution in [0, 0.1) is 0 Å². The fourth-order valence-corrected chi connectivity index (χ4v) is 4.19. The number of pyridine rings is 1. The minimum absolute atomic E-state index is 0.323. The van der Waals surface area contributed by atoms with Crippen molar-refractivity contribution in [1.82, 2.24) is 34.2 Å². The summed E-state index contributed by atoms with van der Waals surface area (Å²) in [5, 5.41) is 17.7. The summed E-state index contributed by atoms with van der Waals surface area (Å²) in [6, 6.07) is 6.02. The highest BCUT2D eigenvalue weighted by Crippen LogP contribution is 2.39. The summed E-state index contributed by atoms with van der Waals surface area (Å²) >= 11 is 0. The fourth-order valence-electron chi connectivity index (χ4n) is 4.19. The zero-order chi connectivity index (χ0) is 17.8. The number of anilines is 1. The lowest BCUT2D eigenvalue weighted by atomic mass is 9.97. The molecule has 1 unspecified atom stereocenters. The molecule has 0 aromatic carbocycles. The summed E-state index contributed by atoms with van der Waals surface area (Å²) in [5.74, 6) is 3.92. The Labute approximate surface area is 155 Å². The highest BCUT2D eigenvalue weighted by Gasteiger charge is 2.31. The highest BCUT2D eigenvalue weighted by atomic mass is 15.3. The molecule has 8 nitrogen and oxygen atoms in total. The number of rotatable bonds is 3. The number of nitrogens with zero attached hydrogens (tertiary/aromatic N) is 8. The largest absolute Gasteiger partial charge is 0.353 e. The van der Waals surface area contributed by atoms with Crippen molar-refractivity contribution in [2.75, 3.05) is 18.0 Å². The molecule has 1 atom stereocenters. The molecular formula is C19H20N8. The first-order chi connectivity index (χ1) is 13.4. The first-order valence-electron chi connectivity index (χ1n) is 9.63. The molecule has 2 aliphatic rings. The van der Waals surface area contributed by atoms with E-state index in [1.165, 1.54) is 12.8 Å². The Morgan fingerprint density at radius 3 is 2.67 bits per heavy atom. The van der Waals surface area contributed by atoms with E-state index < -0.39 is 0 Å². The van der Waals surface area contributed by atoms with E-state index >= 15 is 0 Å². The molecule has 0 amide bonds. The zero-order valence-electron chi connectivity index (χ0n) is 14.9. The normalized spacial score (nSPS) is 20.6. The number of hydrogen-bond donors (Lipinski definition) is 0. The maximum Gasteiger partial charge on any atom is 0.203 e. The van der Waals surface area contributed by atoms with Crippen LogP contribution in [0.15, 0.2) is 36.8 Å². The molecule has 0 radical (unpaired) electrons. The van der Waals surface area contributed by atoms with E-state index in [-0.39, 0.29) is 0 Å². The van der Waals surface area contributed by atoms with E-state index in [1.54, 1.807) is 0 Å². The molecule has 5 heterocycles. The second-order valence-corrected chi connectivity index (χ2v) is 7.55. The molecule has 0 spiro atoms. The van der Waals surface area contributed by atoms with E-state index in [0.29, 0.717) is 11.8 Å². The molecule has 1 aliphatic carbocycles. The summed E-state index contributed by atoms with van der Waals surface area (Å²) < 4.78 is 4.22. The molecule has 1 saturated heterocycles. The van der Waals surface area contributed by atoms with E-state index in [0.717, 1.165) is 54.7 Å². The van der Waals surface area contributed by atoms with Crippen LogP contribution in [0.25, 0.3) is 11.3 Å². The molecule has 1 aliphatic heterocycles. The minimum Gasteiger partial charge on any atom is -0.353 e. The van der Waals surface area contributed by atoms with Gasteiger partial charge in [0, 0.05) is 43.5 Å². The average molecular weight is 360 g/mol. The van der Waals surface area contributed by atoms with Gasteiger partial charge in [0.15, 0.2) is 11.5 Å². The lowest BCUT2D eigenvalue weighted by Crippen LogP contribution is -2.36. The first kappa shape index (κ1) is 15.1. The third kappa shape index (κ3) is 2.39. The van der Waals surface area contributed by atoms with Gasteiger partial charge in [-0.2, -0.15) is 0 Å². The topological polar surface area (TPSA) is 76.5 Å². The van der Waals surface area contributed by atoms with Gasteiger partial charge in [0.1, 0.15) is 11.6 Å². The standard InChI is InChI=1S/C19H20N8/c1-2-10-26-15(5-1)21-22-17(26)14-4-3-9-25(12-14)18-19-24-23-16(13-6-7-13)27(19)11-8-20-18/h1-2,5,8,10-11,13-14H,3-4,6-7,9,12H2. The predicted molar refractivity (Wildman–Crippen MR) is 99.9 cm³/mol. The predicted octanol–water partition coefficient (Wildman–Crippen LogP) is 2.43. The van der Waals surface area contributed by atoms with Crippen molar-refractivity contribution in [3.8, 4) is 0 Å². The summed E-state index contributed by atoms with van der Waals surface area (Å²) in [7, 11) is 0. The fraction of sp³-hybridized carbons (Fsp3) is 0.421. The maximum atomic E-state index is 4.66. The number of hydrogen-bond acceptors (Lipinski definition) is 6. The van der Waals surface area contributed by atoms with Crippen LogP contribution in [-0.2, 0) is 0 Å². The smallest absolute Gasteiger partial charge is 0.203 e. The summed E-state index contributed by atoms with van der Waals surface area (Å²) in [6.45, 7) is 1.85. The quantitative estimate of drug-likeness (QED) is 0.558. The van der Waals surface area contributed by atoms with Crippen molar-refractivity contribution in [2.24, 2.45) is 0 Å². The second-order valence-electron chi connectivity index (χ2n) is 7.55. The van der Waals surface area contributed by atoms with Crippen molar-refractivity contribution >= 4 is 17.1 Å². The molecule has 4 aromatic heterocycles. The van der Waals surface area contributed by atoms with Crippen LogP contribution < -0.4 is 4.90 Å². The van der Waals surface area contributed by atoms with E-state index in [1.807, 2.05) is 36.8 Å². The van der Waals surface area contributed by atoms with Gasteiger partial charge in [-0.3, -0.25) is 8.80 Å². The third-order valence-corrected chi connectivity index (χ3v) is 5.70. The average Bonchev–Trinajstić information content (AvgIpc) is 3.32. The van der Waals surface area contributed by atoms with Gasteiger partial charge in [-0.05, 0) is 37.8 Å². The van der Waals surface area contributed by atoms with Gasteiger partial charge in [-0.1, -0.05) is 6.07 Å². The van der Waals surface area contributed by atoms with Gasteiger partial charge in [0.25, 0.3) is 0 Å². The van der Waals surface area contributed by atoms with Gasteiger partial charge in [0.05, 0.1) is 0 Å². The number of aromatic nitrogens is 7. The molecule has 136 valence electrons. The van der Waals surface area contributed by atoms with Crippen LogP contribution in [0.2, 0.25) is 0 Å². The summed E-state index contributed by atoms with van der Waals surface area (Å²) in [4.78, 5) is 6.99. The molecule has 4 aromatic rings. The Morgan fingerprint density at radius 1 is 0.852 bits per heavy atom. The molecule has 6 rings (SSSR count). The van der Waals surface area contributed by atoms with Gasteiger partial charge in [0.2, 0.25) is 5.65 Å². The lowest BCUT2D eigenvalue weighted by Gasteiger charge is -2.32. The lowest BCUT2D eigenvalue weighted by molar-refractivity contribution is 0.486. The van der Waals surface area contributed by atoms with Crippen molar-refractivity contribution in [1.29, 1.82) is 0 Å². The minimum atomic E-state index is 0.323. The Bertz CT molecular complexity index is 1130. The molecular weight excluding hydrogens is 340 g/mol. The monoisotopic (exact) mass is 360 g/mol. The van der Waals surface area contributed by atoms with Gasteiger partial charge < -0.3 is 4.90 Å². The molecule has 27 heavy (non-hydrogen) atoms. The Balaban J connectivity index is 1.36. The van der Waals surface area contributed by atoms with Gasteiger partial charge in [-0.15, -0.1) is 20.4 Å². The summed E-state index contributed by atoms with van der Waals surface area (Å²) in [5.41, 5.74) is 1.77. The van der Waals surface area contributed by atoms with Gasteiger partial charge in [-0.25, -0.2) is 4.98 Å². The van der Waals surface area contributed by atoms with Crippen LogP contribution in [0.1, 0.15) is 49.2 Å². The molecule has 2 fully saturated rings. The van der Waals surface area contributed by atoms with E-state index in [4.69, 9.17) is 0 Å². The molecule has 0 bridgehead atoms. The van der Waals surface area contributed by atoms with Crippen molar-refractivity contribution < 1.29 is 0 Å². The number of fused-ring (bicyclic) bond motifs is 2. The second kappa shape index (κ2) is 5.73. The van der Waals surface area contributed by atoms with E-state index in [2.05, 4.69) is 39.1 Å². The van der Waals surface area contributed by atoms with Crippen LogP contribution in [-0.4, -0.2) is 47.3 Å². The van der Waals surface area contributed by atoms with Crippen molar-refractivity contribution in [2.45, 2.75) is 37.5 Å². The SMILES string of the molecule is c1ccn2c(C3CCCN(c4nccn5c(C6CC6)nnc45)C3)nnc2c1. The zero-order valence-corrected chi connectivity index (χ0v) is 14.9. The van der Waals surface area contributed by atoms with Crippen molar-refractivity contribution in [3.63, 3.8) is 0 Å². The van der Waals surface area contributed by atoms with Gasteiger partial charge >= 0.3 is 0 Å². The maximum absolute atomic E-state index is 4.66. The molecule has 1 saturated carbocycles. The summed E-state index contributed by atoms with van der Waals surface area (Å²) in [6.07, 6.45) is 10.5. The van der Waals surface area contributed by atoms with Crippen molar-refractivity contribution in [3.05, 3.63) is 48.4 Å². The van der Waals surface area contributed by atoms with E-state index in [9.17, 15) is 0 Å². The van der Waals surface area contributed by atoms with Crippen LogP contribution in [0.3, 0.4) is 0 Å². The van der Waals surface area contributed by atoms with Crippen LogP contribution >= 0.6 is 0 Å². The molecule has 8 heteroatoms. The highest BCUT2D eigenvalue weighted by molar-refractivity contribution is 5.64. The molecule has 0 N–H and O–H groups in total. The third-order valence-electron chi connectivity index (χ3n) is 5.70. The Kier molecular flexibility index (Phi) is 3.20. The van der Waals surface area contributed by atoms with Crippen LogP contribution in [0.5, 0.6) is 0 Å². The number of piperidine rings is 1. The van der Waals surface area contributed by atoms with Crippen LogP contribution in [0.4, 0.5) is 5.82 Å².